The summed E-state index contributed by atoms with van der Waals surface area (Å²) in [5.41, 5.74) is 1.76. The van der Waals surface area contributed by atoms with Crippen LogP contribution in [-0.2, 0) is 6.42 Å². The van der Waals surface area contributed by atoms with Crippen molar-refractivity contribution < 1.29 is 4.52 Å². The quantitative estimate of drug-likeness (QED) is 0.558. The Balaban J connectivity index is 1.58. The van der Waals surface area contributed by atoms with E-state index in [0.29, 0.717) is 24.7 Å². The molecule has 0 atom stereocenters. The molecule has 0 aliphatic rings. The molecule has 7 nitrogen and oxygen atoms in total. The number of anilines is 1. The molecule has 1 aromatic carbocycles. The molecule has 0 fully saturated rings. The third-order valence-corrected chi connectivity index (χ3v) is 4.15. The second kappa shape index (κ2) is 7.49. The van der Waals surface area contributed by atoms with Gasteiger partial charge in [0, 0.05) is 42.2 Å². The Labute approximate surface area is 156 Å². The van der Waals surface area contributed by atoms with Crippen molar-refractivity contribution in [2.75, 3.05) is 11.9 Å². The highest BCUT2D eigenvalue weighted by molar-refractivity contribution is 5.90. The normalized spacial score (nSPS) is 11.2. The Morgan fingerprint density at radius 1 is 1.04 bits per heavy atom. The first-order valence-electron chi connectivity index (χ1n) is 8.94. The predicted molar refractivity (Wildman–Crippen MR) is 103 cm³/mol. The molecule has 0 unspecified atom stereocenters. The van der Waals surface area contributed by atoms with Gasteiger partial charge in [-0.15, -0.1) is 0 Å². The zero-order valence-electron chi connectivity index (χ0n) is 15.3. The molecule has 0 aliphatic carbocycles. The van der Waals surface area contributed by atoms with Gasteiger partial charge in [0.15, 0.2) is 11.6 Å². The number of hydrogen-bond donors (Lipinski definition) is 1. The van der Waals surface area contributed by atoms with Crippen molar-refractivity contribution in [3.05, 3.63) is 60.5 Å². The second-order valence-corrected chi connectivity index (χ2v) is 6.53. The minimum absolute atomic E-state index is 0.253. The first kappa shape index (κ1) is 17.1. The number of benzene rings is 1. The van der Waals surface area contributed by atoms with E-state index in [1.165, 1.54) is 0 Å². The van der Waals surface area contributed by atoms with Crippen molar-refractivity contribution >= 4 is 16.7 Å². The fourth-order valence-electron chi connectivity index (χ4n) is 2.73. The Hall–Kier alpha value is -3.35. The zero-order chi connectivity index (χ0) is 18.6. The molecule has 0 aliphatic heterocycles. The molecule has 4 aromatic rings. The highest BCUT2D eigenvalue weighted by Gasteiger charge is 2.11. The highest BCUT2D eigenvalue weighted by Crippen LogP contribution is 2.24. The van der Waals surface area contributed by atoms with Crippen LogP contribution >= 0.6 is 0 Å². The molecule has 3 aromatic heterocycles. The van der Waals surface area contributed by atoms with E-state index in [1.54, 1.807) is 12.4 Å². The van der Waals surface area contributed by atoms with Gasteiger partial charge in [0.1, 0.15) is 5.82 Å². The lowest BCUT2D eigenvalue weighted by atomic mass is 10.2. The maximum atomic E-state index is 5.30. The minimum Gasteiger partial charge on any atom is -0.369 e. The van der Waals surface area contributed by atoms with Gasteiger partial charge in [0.05, 0.1) is 5.52 Å². The van der Waals surface area contributed by atoms with Crippen LogP contribution in [-0.4, -0.2) is 31.6 Å². The van der Waals surface area contributed by atoms with Crippen LogP contribution in [0.3, 0.4) is 0 Å². The number of pyridine rings is 1. The standard InChI is InChI=1S/C20H20N6O/c1-13(2)18-24-17(27-26-18)9-11-22-20-15-7-3-4-8-16(15)23-19(25-20)14-6-5-10-21-12-14/h3-8,10,12-13H,9,11H2,1-2H3,(H,22,23,25). The van der Waals surface area contributed by atoms with Crippen molar-refractivity contribution in [2.45, 2.75) is 26.2 Å². The van der Waals surface area contributed by atoms with Crippen LogP contribution in [0.15, 0.2) is 53.3 Å². The molecular weight excluding hydrogens is 340 g/mol. The molecule has 0 saturated heterocycles. The van der Waals surface area contributed by atoms with E-state index in [4.69, 9.17) is 9.51 Å². The Bertz CT molecular complexity index is 1040. The molecule has 0 spiro atoms. The number of aromatic nitrogens is 5. The molecule has 1 N–H and O–H groups in total. The van der Waals surface area contributed by atoms with Gasteiger partial charge < -0.3 is 9.84 Å². The van der Waals surface area contributed by atoms with E-state index in [1.807, 2.05) is 50.2 Å². The van der Waals surface area contributed by atoms with Crippen LogP contribution in [0.1, 0.15) is 31.5 Å². The van der Waals surface area contributed by atoms with E-state index in [0.717, 1.165) is 28.1 Å². The van der Waals surface area contributed by atoms with E-state index in [-0.39, 0.29) is 5.92 Å². The molecule has 136 valence electrons. The summed E-state index contributed by atoms with van der Waals surface area (Å²) in [4.78, 5) is 17.9. The van der Waals surface area contributed by atoms with Crippen LogP contribution in [0.2, 0.25) is 0 Å². The number of nitrogens with zero attached hydrogens (tertiary/aromatic N) is 5. The van der Waals surface area contributed by atoms with Crippen molar-refractivity contribution in [2.24, 2.45) is 0 Å². The lowest BCUT2D eigenvalue weighted by molar-refractivity contribution is 0.373. The number of rotatable bonds is 6. The molecule has 3 heterocycles. The molecule has 0 radical (unpaired) electrons. The van der Waals surface area contributed by atoms with Gasteiger partial charge in [-0.1, -0.05) is 31.1 Å². The summed E-state index contributed by atoms with van der Waals surface area (Å²) in [6, 6.07) is 11.8. The van der Waals surface area contributed by atoms with Gasteiger partial charge in [-0.25, -0.2) is 9.97 Å². The van der Waals surface area contributed by atoms with Gasteiger partial charge in [0.2, 0.25) is 5.89 Å². The molecular formula is C20H20N6O. The Morgan fingerprint density at radius 3 is 2.70 bits per heavy atom. The number of fused-ring (bicyclic) bond motifs is 1. The Kier molecular flexibility index (Phi) is 4.74. The number of hydrogen-bond acceptors (Lipinski definition) is 7. The smallest absolute Gasteiger partial charge is 0.228 e. The van der Waals surface area contributed by atoms with Crippen LogP contribution in [0.4, 0.5) is 5.82 Å². The summed E-state index contributed by atoms with van der Waals surface area (Å²) >= 11 is 0. The lowest BCUT2D eigenvalue weighted by Gasteiger charge is -2.10. The van der Waals surface area contributed by atoms with E-state index >= 15 is 0 Å². The molecule has 7 heteroatoms. The highest BCUT2D eigenvalue weighted by atomic mass is 16.5. The second-order valence-electron chi connectivity index (χ2n) is 6.53. The number of nitrogens with one attached hydrogen (secondary N) is 1. The summed E-state index contributed by atoms with van der Waals surface area (Å²) in [5, 5.41) is 8.35. The first-order chi connectivity index (χ1) is 13.2. The van der Waals surface area contributed by atoms with Gasteiger partial charge in [-0.2, -0.15) is 4.98 Å². The Morgan fingerprint density at radius 2 is 1.93 bits per heavy atom. The minimum atomic E-state index is 0.253. The van der Waals surface area contributed by atoms with Gasteiger partial charge in [0.25, 0.3) is 0 Å². The number of para-hydroxylation sites is 1. The molecule has 4 rings (SSSR count). The maximum Gasteiger partial charge on any atom is 0.228 e. The van der Waals surface area contributed by atoms with Crippen LogP contribution < -0.4 is 5.32 Å². The molecule has 0 saturated carbocycles. The topological polar surface area (TPSA) is 89.6 Å². The molecule has 27 heavy (non-hydrogen) atoms. The van der Waals surface area contributed by atoms with Crippen molar-refractivity contribution in [3.8, 4) is 11.4 Å². The van der Waals surface area contributed by atoms with Gasteiger partial charge in [-0.05, 0) is 24.3 Å². The summed E-state index contributed by atoms with van der Waals surface area (Å²) in [5.74, 6) is 3.03. The van der Waals surface area contributed by atoms with E-state index < -0.39 is 0 Å². The summed E-state index contributed by atoms with van der Waals surface area (Å²) in [7, 11) is 0. The summed E-state index contributed by atoms with van der Waals surface area (Å²) < 4.78 is 5.30. The van der Waals surface area contributed by atoms with E-state index in [2.05, 4.69) is 25.4 Å². The van der Waals surface area contributed by atoms with Crippen molar-refractivity contribution in [3.63, 3.8) is 0 Å². The fourth-order valence-corrected chi connectivity index (χ4v) is 2.73. The third kappa shape index (κ3) is 3.76. The predicted octanol–water partition coefficient (Wildman–Crippen LogP) is 3.85. The zero-order valence-corrected chi connectivity index (χ0v) is 15.3. The first-order valence-corrected chi connectivity index (χ1v) is 8.94. The third-order valence-electron chi connectivity index (χ3n) is 4.15. The van der Waals surface area contributed by atoms with Crippen LogP contribution in [0.25, 0.3) is 22.3 Å². The average Bonchev–Trinajstić information content (AvgIpc) is 3.18. The largest absolute Gasteiger partial charge is 0.369 e. The van der Waals surface area contributed by atoms with Crippen molar-refractivity contribution in [1.82, 2.24) is 25.1 Å². The summed E-state index contributed by atoms with van der Waals surface area (Å²) in [6.07, 6.45) is 4.12. The molecule has 0 bridgehead atoms. The van der Waals surface area contributed by atoms with E-state index in [9.17, 15) is 0 Å². The summed E-state index contributed by atoms with van der Waals surface area (Å²) in [6.45, 7) is 4.72. The van der Waals surface area contributed by atoms with Crippen LogP contribution in [0, 0.1) is 0 Å². The lowest BCUT2D eigenvalue weighted by Crippen LogP contribution is -2.08. The van der Waals surface area contributed by atoms with Crippen molar-refractivity contribution in [1.29, 1.82) is 0 Å². The average molecular weight is 360 g/mol. The molecule has 0 amide bonds. The van der Waals surface area contributed by atoms with Gasteiger partial charge >= 0.3 is 0 Å². The fraction of sp³-hybridized carbons (Fsp3) is 0.250. The van der Waals surface area contributed by atoms with Gasteiger partial charge in [-0.3, -0.25) is 4.98 Å². The monoisotopic (exact) mass is 360 g/mol. The SMILES string of the molecule is CC(C)c1noc(CCNc2nc(-c3cccnc3)nc3ccccc23)n1. The van der Waals surface area contributed by atoms with Crippen LogP contribution in [0.5, 0.6) is 0 Å². The maximum absolute atomic E-state index is 5.30.